The van der Waals surface area contributed by atoms with Gasteiger partial charge >= 0.3 is 0 Å². The van der Waals surface area contributed by atoms with Crippen LogP contribution in [0.1, 0.15) is 16.7 Å². The lowest BCUT2D eigenvalue weighted by Crippen LogP contribution is -2.06. The highest BCUT2D eigenvalue weighted by Gasteiger charge is 2.07. The van der Waals surface area contributed by atoms with Gasteiger partial charge in [-0.2, -0.15) is 0 Å². The third-order valence-electron chi connectivity index (χ3n) is 2.96. The van der Waals surface area contributed by atoms with Crippen molar-refractivity contribution < 1.29 is 9.47 Å². The Kier molecular flexibility index (Phi) is 4.36. The fourth-order valence-corrected chi connectivity index (χ4v) is 1.85. The summed E-state index contributed by atoms with van der Waals surface area (Å²) >= 11 is 0. The average molecular weight is 258 g/mol. The minimum absolute atomic E-state index is 0.424. The Balaban J connectivity index is 2.12. The third kappa shape index (κ3) is 3.23. The van der Waals surface area contributed by atoms with Gasteiger partial charge in [0, 0.05) is 18.3 Å². The first kappa shape index (κ1) is 13.4. The molecule has 0 aliphatic heterocycles. The second kappa shape index (κ2) is 6.20. The van der Waals surface area contributed by atoms with E-state index >= 15 is 0 Å². The van der Waals surface area contributed by atoms with Crippen LogP contribution in [0.3, 0.4) is 0 Å². The first-order valence-electron chi connectivity index (χ1n) is 6.15. The van der Waals surface area contributed by atoms with E-state index < -0.39 is 0 Å². The molecule has 0 aliphatic rings. The Morgan fingerprint density at radius 3 is 2.84 bits per heavy atom. The van der Waals surface area contributed by atoms with Gasteiger partial charge < -0.3 is 15.2 Å². The van der Waals surface area contributed by atoms with Gasteiger partial charge in [0.1, 0.15) is 12.4 Å². The molecule has 0 amide bonds. The van der Waals surface area contributed by atoms with Crippen molar-refractivity contribution in [3.63, 3.8) is 0 Å². The summed E-state index contributed by atoms with van der Waals surface area (Å²) in [5.74, 6) is 1.42. The van der Waals surface area contributed by atoms with Crippen LogP contribution in [-0.4, -0.2) is 12.1 Å². The summed E-state index contributed by atoms with van der Waals surface area (Å²) in [6, 6.07) is 9.70. The number of aromatic nitrogens is 1. The summed E-state index contributed by atoms with van der Waals surface area (Å²) in [5, 5.41) is 0. The number of nitrogens with zero attached hydrogens (tertiary/aromatic N) is 1. The van der Waals surface area contributed by atoms with Crippen LogP contribution >= 0.6 is 0 Å². The molecule has 4 heteroatoms. The number of ether oxygens (including phenoxy) is 2. The van der Waals surface area contributed by atoms with Gasteiger partial charge in [0.25, 0.3) is 0 Å². The molecule has 100 valence electrons. The summed E-state index contributed by atoms with van der Waals surface area (Å²) < 4.78 is 10.9. The van der Waals surface area contributed by atoms with E-state index in [1.165, 1.54) is 0 Å². The van der Waals surface area contributed by atoms with E-state index in [-0.39, 0.29) is 0 Å². The lowest BCUT2D eigenvalue weighted by Gasteiger charge is -2.11. The number of pyridine rings is 1. The van der Waals surface area contributed by atoms with Crippen LogP contribution in [0.4, 0.5) is 0 Å². The van der Waals surface area contributed by atoms with E-state index in [2.05, 4.69) is 4.98 Å². The van der Waals surface area contributed by atoms with Crippen LogP contribution in [0.25, 0.3) is 0 Å². The molecule has 0 aliphatic carbocycles. The summed E-state index contributed by atoms with van der Waals surface area (Å²) in [6.45, 7) is 2.87. The van der Waals surface area contributed by atoms with Crippen molar-refractivity contribution in [2.24, 2.45) is 5.73 Å². The van der Waals surface area contributed by atoms with E-state index in [0.29, 0.717) is 19.0 Å². The zero-order chi connectivity index (χ0) is 13.7. The van der Waals surface area contributed by atoms with E-state index in [0.717, 1.165) is 22.4 Å². The van der Waals surface area contributed by atoms with Gasteiger partial charge in [-0.1, -0.05) is 12.1 Å². The normalized spacial score (nSPS) is 10.3. The maximum Gasteiger partial charge on any atom is 0.218 e. The zero-order valence-corrected chi connectivity index (χ0v) is 11.2. The largest absolute Gasteiger partial charge is 0.497 e. The molecule has 0 unspecified atom stereocenters. The van der Waals surface area contributed by atoms with Gasteiger partial charge in [0.05, 0.1) is 7.11 Å². The molecule has 0 atom stereocenters. The van der Waals surface area contributed by atoms with Crippen molar-refractivity contribution in [2.75, 3.05) is 7.11 Å². The van der Waals surface area contributed by atoms with Gasteiger partial charge in [0.15, 0.2) is 0 Å². The Morgan fingerprint density at radius 2 is 2.11 bits per heavy atom. The highest BCUT2D eigenvalue weighted by molar-refractivity contribution is 5.34. The summed E-state index contributed by atoms with van der Waals surface area (Å²) in [7, 11) is 1.65. The van der Waals surface area contributed by atoms with Gasteiger partial charge in [-0.3, -0.25) is 0 Å². The van der Waals surface area contributed by atoms with Crippen LogP contribution in [0, 0.1) is 6.92 Å². The molecule has 4 nitrogen and oxygen atoms in total. The Bertz CT molecular complexity index is 556. The number of nitrogens with two attached hydrogens (primary N) is 1. The molecule has 0 radical (unpaired) electrons. The molecular weight excluding hydrogens is 240 g/mol. The smallest absolute Gasteiger partial charge is 0.218 e. The second-order valence-electron chi connectivity index (χ2n) is 4.26. The van der Waals surface area contributed by atoms with Crippen molar-refractivity contribution >= 4 is 0 Å². The van der Waals surface area contributed by atoms with Gasteiger partial charge in [0.2, 0.25) is 5.88 Å². The van der Waals surface area contributed by atoms with E-state index in [1.54, 1.807) is 13.3 Å². The molecule has 0 fully saturated rings. The van der Waals surface area contributed by atoms with E-state index in [1.807, 2.05) is 37.3 Å². The number of aryl methyl sites for hydroxylation is 1. The lowest BCUT2D eigenvalue weighted by atomic mass is 10.1. The molecular formula is C15H18N2O2. The standard InChI is InChI=1S/C15H18N2O2/c1-11-6-7-17-15(14(11)9-16)19-10-12-4-3-5-13(8-12)18-2/h3-8H,9-10,16H2,1-2H3. The number of rotatable bonds is 5. The molecule has 2 aromatic rings. The van der Waals surface area contributed by atoms with Crippen molar-refractivity contribution in [2.45, 2.75) is 20.1 Å². The maximum atomic E-state index is 5.75. The van der Waals surface area contributed by atoms with E-state index in [9.17, 15) is 0 Å². The van der Waals surface area contributed by atoms with Gasteiger partial charge in [-0.05, 0) is 36.2 Å². The van der Waals surface area contributed by atoms with Gasteiger partial charge in [-0.25, -0.2) is 4.98 Å². The topological polar surface area (TPSA) is 57.4 Å². The first-order chi connectivity index (χ1) is 9.24. The van der Waals surface area contributed by atoms with Crippen LogP contribution in [0.15, 0.2) is 36.5 Å². The Morgan fingerprint density at radius 1 is 1.26 bits per heavy atom. The minimum atomic E-state index is 0.424. The molecule has 1 heterocycles. The summed E-state index contributed by atoms with van der Waals surface area (Å²) in [5.41, 5.74) is 8.80. The van der Waals surface area contributed by atoms with Crippen LogP contribution in [-0.2, 0) is 13.2 Å². The number of benzene rings is 1. The van der Waals surface area contributed by atoms with Crippen molar-refractivity contribution in [1.29, 1.82) is 0 Å². The molecule has 2 N–H and O–H groups in total. The maximum absolute atomic E-state index is 5.75. The SMILES string of the molecule is COc1cccc(COc2nccc(C)c2CN)c1. The molecule has 1 aromatic heterocycles. The van der Waals surface area contributed by atoms with Crippen molar-refractivity contribution in [3.8, 4) is 11.6 Å². The molecule has 0 spiro atoms. The highest BCUT2D eigenvalue weighted by atomic mass is 16.5. The molecule has 0 bridgehead atoms. The molecule has 0 saturated carbocycles. The Labute approximate surface area is 113 Å². The Hall–Kier alpha value is -2.07. The summed E-state index contributed by atoms with van der Waals surface area (Å²) in [4.78, 5) is 4.23. The molecule has 1 aromatic carbocycles. The fourth-order valence-electron chi connectivity index (χ4n) is 1.85. The molecule has 2 rings (SSSR count). The third-order valence-corrected chi connectivity index (χ3v) is 2.96. The van der Waals surface area contributed by atoms with Crippen molar-refractivity contribution in [3.05, 3.63) is 53.2 Å². The number of hydrogen-bond donors (Lipinski definition) is 1. The van der Waals surface area contributed by atoms with Gasteiger partial charge in [-0.15, -0.1) is 0 Å². The average Bonchev–Trinajstić information content (AvgIpc) is 2.45. The van der Waals surface area contributed by atoms with Crippen LogP contribution in [0.5, 0.6) is 11.6 Å². The molecule has 0 saturated heterocycles. The monoisotopic (exact) mass is 258 g/mol. The highest BCUT2D eigenvalue weighted by Crippen LogP contribution is 2.20. The predicted molar refractivity (Wildman–Crippen MR) is 74.2 cm³/mol. The second-order valence-corrected chi connectivity index (χ2v) is 4.26. The van der Waals surface area contributed by atoms with E-state index in [4.69, 9.17) is 15.2 Å². The molecule has 19 heavy (non-hydrogen) atoms. The number of methoxy groups -OCH3 is 1. The van der Waals surface area contributed by atoms with Crippen LogP contribution < -0.4 is 15.2 Å². The predicted octanol–water partition coefficient (Wildman–Crippen LogP) is 2.44. The summed E-state index contributed by atoms with van der Waals surface area (Å²) in [6.07, 6.45) is 1.73. The lowest BCUT2D eigenvalue weighted by molar-refractivity contribution is 0.289. The van der Waals surface area contributed by atoms with Crippen LogP contribution in [0.2, 0.25) is 0 Å². The minimum Gasteiger partial charge on any atom is -0.497 e. The first-order valence-corrected chi connectivity index (χ1v) is 6.15. The fraction of sp³-hybridized carbons (Fsp3) is 0.267. The zero-order valence-electron chi connectivity index (χ0n) is 11.2. The quantitative estimate of drug-likeness (QED) is 0.895. The van der Waals surface area contributed by atoms with Crippen molar-refractivity contribution in [1.82, 2.24) is 4.98 Å². The number of hydrogen-bond acceptors (Lipinski definition) is 4.